The number of hydrogen-bond donors (Lipinski definition) is 1. The van der Waals surface area contributed by atoms with Crippen LogP contribution in [-0.4, -0.2) is 35.1 Å². The molecule has 0 radical (unpaired) electrons. The summed E-state index contributed by atoms with van der Waals surface area (Å²) in [5.74, 6) is -0.246. The van der Waals surface area contributed by atoms with Crippen LogP contribution in [0.15, 0.2) is 64.7 Å². The molecule has 1 fully saturated rings. The Morgan fingerprint density at radius 2 is 1.74 bits per heavy atom. The molecule has 3 aromatic rings. The van der Waals surface area contributed by atoms with Gasteiger partial charge in [-0.3, -0.25) is 14.5 Å². The second-order valence-corrected chi connectivity index (χ2v) is 8.40. The molecular formula is C27H28N2O5. The van der Waals surface area contributed by atoms with Crippen molar-refractivity contribution in [2.45, 2.75) is 39.7 Å². The minimum atomic E-state index is -0.680. The Balaban J connectivity index is 1.79. The molecule has 1 atom stereocenters. The van der Waals surface area contributed by atoms with Crippen molar-refractivity contribution in [1.82, 2.24) is 5.16 Å². The number of carbonyl (C=O) groups excluding carboxylic acids is 2. The lowest BCUT2D eigenvalue weighted by atomic mass is 9.87. The molecule has 2 heterocycles. The van der Waals surface area contributed by atoms with Crippen LogP contribution < -0.4 is 9.64 Å². The summed E-state index contributed by atoms with van der Waals surface area (Å²) in [6.07, 6.45) is 1.49. The summed E-state index contributed by atoms with van der Waals surface area (Å²) in [7, 11) is 1.56. The fourth-order valence-corrected chi connectivity index (χ4v) is 4.51. The molecule has 0 aliphatic carbocycles. The Morgan fingerprint density at radius 3 is 2.26 bits per heavy atom. The first-order valence-electron chi connectivity index (χ1n) is 11.4. The number of hydrogen-bond acceptors (Lipinski definition) is 6. The number of rotatable bonds is 7. The number of aryl methyl sites for hydroxylation is 1. The lowest BCUT2D eigenvalue weighted by Crippen LogP contribution is -2.39. The van der Waals surface area contributed by atoms with Crippen molar-refractivity contribution in [3.8, 4) is 17.1 Å². The summed E-state index contributed by atoms with van der Waals surface area (Å²) >= 11 is 0. The third kappa shape index (κ3) is 4.09. The quantitative estimate of drug-likeness (QED) is 0.290. The van der Waals surface area contributed by atoms with E-state index >= 15 is 0 Å². The smallest absolute Gasteiger partial charge is 0.299 e. The van der Waals surface area contributed by atoms with Crippen molar-refractivity contribution in [3.05, 3.63) is 71.4 Å². The Morgan fingerprint density at radius 1 is 1.09 bits per heavy atom. The molecular weight excluding hydrogens is 432 g/mol. The maximum Gasteiger partial charge on any atom is 0.299 e. The molecule has 1 amide bonds. The second-order valence-electron chi connectivity index (χ2n) is 8.40. The van der Waals surface area contributed by atoms with E-state index in [0.717, 1.165) is 24.1 Å². The van der Waals surface area contributed by atoms with Crippen LogP contribution in [0, 0.1) is 12.8 Å². The Bertz CT molecular complexity index is 1220. The topological polar surface area (TPSA) is 92.9 Å². The molecule has 1 unspecified atom stereocenters. The van der Waals surface area contributed by atoms with Crippen LogP contribution in [-0.2, 0) is 9.59 Å². The van der Waals surface area contributed by atoms with Gasteiger partial charge in [-0.2, -0.15) is 0 Å². The lowest BCUT2D eigenvalue weighted by molar-refractivity contribution is -0.132. The number of aliphatic hydroxyl groups excluding tert-OH is 1. The molecule has 34 heavy (non-hydrogen) atoms. The van der Waals surface area contributed by atoms with Gasteiger partial charge in [-0.1, -0.05) is 31.8 Å². The average molecular weight is 461 g/mol. The van der Waals surface area contributed by atoms with Gasteiger partial charge in [0.05, 0.1) is 24.4 Å². The molecule has 7 heteroatoms. The van der Waals surface area contributed by atoms with Crippen LogP contribution in [0.3, 0.4) is 0 Å². The third-order valence-electron chi connectivity index (χ3n) is 6.40. The maximum atomic E-state index is 13.2. The summed E-state index contributed by atoms with van der Waals surface area (Å²) in [5, 5.41) is 15.1. The molecule has 1 aliphatic rings. The number of amides is 1. The zero-order valence-electron chi connectivity index (χ0n) is 19.7. The zero-order valence-corrected chi connectivity index (χ0v) is 19.7. The second kappa shape index (κ2) is 9.55. The molecule has 7 nitrogen and oxygen atoms in total. The van der Waals surface area contributed by atoms with E-state index in [1.165, 1.54) is 4.90 Å². The van der Waals surface area contributed by atoms with E-state index in [9.17, 15) is 14.7 Å². The van der Waals surface area contributed by atoms with E-state index in [1.54, 1.807) is 43.5 Å². The first-order chi connectivity index (χ1) is 16.4. The van der Waals surface area contributed by atoms with Crippen molar-refractivity contribution >= 4 is 23.1 Å². The van der Waals surface area contributed by atoms with E-state index in [1.807, 2.05) is 39.0 Å². The molecule has 176 valence electrons. The monoisotopic (exact) mass is 460 g/mol. The Kier molecular flexibility index (Phi) is 6.54. The van der Waals surface area contributed by atoms with Crippen molar-refractivity contribution in [3.63, 3.8) is 0 Å². The van der Waals surface area contributed by atoms with Crippen molar-refractivity contribution < 1.29 is 24.0 Å². The number of anilines is 1. The predicted octanol–water partition coefficient (Wildman–Crippen LogP) is 5.35. The van der Waals surface area contributed by atoms with Crippen molar-refractivity contribution in [2.75, 3.05) is 12.0 Å². The number of methoxy groups -OCH3 is 1. The number of ketones is 1. The van der Waals surface area contributed by atoms with Crippen LogP contribution in [0.5, 0.6) is 5.75 Å². The van der Waals surface area contributed by atoms with Crippen molar-refractivity contribution in [2.24, 2.45) is 5.92 Å². The fourth-order valence-electron chi connectivity index (χ4n) is 4.51. The standard InChI is InChI=1S/C27H28N2O5/c1-5-17(6-2)24-23(25(30)19-9-13-21(33-4)14-10-19)26(31)27(32)29(24)20-11-7-18(8-12-20)22-15-16(3)28-34-22/h7-15,17,24,30H,5-6H2,1-4H3/b25-23-. The minimum absolute atomic E-state index is 0.0117. The van der Waals surface area contributed by atoms with Gasteiger partial charge in [-0.15, -0.1) is 0 Å². The Labute approximate surface area is 198 Å². The lowest BCUT2D eigenvalue weighted by Gasteiger charge is -2.31. The van der Waals surface area contributed by atoms with Gasteiger partial charge < -0.3 is 14.4 Å². The number of Topliss-reactive ketones (excluding diaryl/α,β-unsaturated/α-hetero) is 1. The molecule has 1 N–H and O–H groups in total. The largest absolute Gasteiger partial charge is 0.507 e. The van der Waals surface area contributed by atoms with Crippen LogP contribution in [0.4, 0.5) is 5.69 Å². The highest BCUT2D eigenvalue weighted by atomic mass is 16.5. The highest BCUT2D eigenvalue weighted by molar-refractivity contribution is 6.51. The molecule has 1 saturated heterocycles. The predicted molar refractivity (Wildman–Crippen MR) is 130 cm³/mol. The molecule has 2 aromatic carbocycles. The zero-order chi connectivity index (χ0) is 24.4. The van der Waals surface area contributed by atoms with E-state index < -0.39 is 17.7 Å². The number of nitrogens with zero attached hydrogens (tertiary/aromatic N) is 2. The van der Waals surface area contributed by atoms with Gasteiger partial charge >= 0.3 is 0 Å². The third-order valence-corrected chi connectivity index (χ3v) is 6.40. The van der Waals surface area contributed by atoms with Gasteiger partial charge in [-0.25, -0.2) is 0 Å². The number of benzene rings is 2. The summed E-state index contributed by atoms with van der Waals surface area (Å²) in [5.41, 5.74) is 2.78. The maximum absolute atomic E-state index is 13.2. The number of carbonyl (C=O) groups is 2. The normalized spacial score (nSPS) is 17.6. The molecule has 4 rings (SSSR count). The van der Waals surface area contributed by atoms with E-state index in [2.05, 4.69) is 5.16 Å². The number of ether oxygens (including phenoxy) is 1. The molecule has 1 aliphatic heterocycles. The van der Waals surface area contributed by atoms with Crippen LogP contribution in [0.25, 0.3) is 17.1 Å². The fraction of sp³-hybridized carbons (Fsp3) is 0.296. The molecule has 1 aromatic heterocycles. The molecule has 0 saturated carbocycles. The molecule has 0 bridgehead atoms. The summed E-state index contributed by atoms with van der Waals surface area (Å²) in [6.45, 7) is 5.90. The summed E-state index contributed by atoms with van der Waals surface area (Å²) in [6, 6.07) is 15.3. The van der Waals surface area contributed by atoms with Gasteiger partial charge in [0.15, 0.2) is 5.76 Å². The highest BCUT2D eigenvalue weighted by Gasteiger charge is 2.48. The van der Waals surface area contributed by atoms with Gasteiger partial charge in [0.2, 0.25) is 0 Å². The summed E-state index contributed by atoms with van der Waals surface area (Å²) in [4.78, 5) is 28.0. The first kappa shape index (κ1) is 23.3. The van der Waals surface area contributed by atoms with Crippen LogP contribution in [0.1, 0.15) is 37.9 Å². The highest BCUT2D eigenvalue weighted by Crippen LogP contribution is 2.39. The van der Waals surface area contributed by atoms with Gasteiger partial charge in [0.1, 0.15) is 11.5 Å². The van der Waals surface area contributed by atoms with E-state index in [0.29, 0.717) is 22.8 Å². The SMILES string of the molecule is CCC(CC)C1/C(=C(/O)c2ccc(OC)cc2)C(=O)C(=O)N1c1ccc(-c2cc(C)no2)cc1. The first-order valence-corrected chi connectivity index (χ1v) is 11.4. The minimum Gasteiger partial charge on any atom is -0.507 e. The summed E-state index contributed by atoms with van der Waals surface area (Å²) < 4.78 is 10.5. The van der Waals surface area contributed by atoms with Gasteiger partial charge in [-0.05, 0) is 61.4 Å². The molecule has 0 spiro atoms. The Hall–Kier alpha value is -3.87. The average Bonchev–Trinajstić information content (AvgIpc) is 3.41. The van der Waals surface area contributed by atoms with E-state index in [-0.39, 0.29) is 17.3 Å². The van der Waals surface area contributed by atoms with Crippen molar-refractivity contribution in [1.29, 1.82) is 0 Å². The van der Waals surface area contributed by atoms with E-state index in [4.69, 9.17) is 9.26 Å². The van der Waals surface area contributed by atoms with Gasteiger partial charge in [0, 0.05) is 22.9 Å². The number of aliphatic hydroxyl groups is 1. The van der Waals surface area contributed by atoms with Crippen LogP contribution in [0.2, 0.25) is 0 Å². The number of aromatic nitrogens is 1. The van der Waals surface area contributed by atoms with Gasteiger partial charge in [0.25, 0.3) is 11.7 Å². The van der Waals surface area contributed by atoms with Crippen LogP contribution >= 0.6 is 0 Å².